The predicted molar refractivity (Wildman–Crippen MR) is 154 cm³/mol. The minimum atomic E-state index is -0.727. The van der Waals surface area contributed by atoms with Crippen molar-refractivity contribution in [1.82, 2.24) is 15.5 Å². The number of amides is 3. The van der Waals surface area contributed by atoms with Gasteiger partial charge in [0, 0.05) is 26.6 Å². The van der Waals surface area contributed by atoms with E-state index in [0.29, 0.717) is 19.5 Å². The summed E-state index contributed by atoms with van der Waals surface area (Å²) < 4.78 is 23.7. The van der Waals surface area contributed by atoms with E-state index in [-0.39, 0.29) is 37.5 Å². The SMILES string of the molecule is CN(C(=O)OCc1ccccc1)C(Cc1ccccc1)C(=O)NCCCCCNC(=O)COCc1ccc(F)cc1. The van der Waals surface area contributed by atoms with Crippen LogP contribution in [0.25, 0.3) is 0 Å². The summed E-state index contributed by atoms with van der Waals surface area (Å²) in [7, 11) is 1.58. The largest absolute Gasteiger partial charge is 0.445 e. The molecule has 0 aliphatic heterocycles. The molecule has 0 spiro atoms. The van der Waals surface area contributed by atoms with Gasteiger partial charge in [-0.15, -0.1) is 0 Å². The molecule has 0 heterocycles. The lowest BCUT2D eigenvalue weighted by Crippen LogP contribution is -2.49. The van der Waals surface area contributed by atoms with Gasteiger partial charge in [0.15, 0.2) is 0 Å². The molecule has 0 aliphatic rings. The van der Waals surface area contributed by atoms with Crippen molar-refractivity contribution in [3.63, 3.8) is 0 Å². The molecule has 1 atom stereocenters. The molecule has 3 rings (SSSR count). The molecule has 8 nitrogen and oxygen atoms in total. The van der Waals surface area contributed by atoms with E-state index < -0.39 is 12.1 Å². The Labute approximate surface area is 240 Å². The molecule has 0 fully saturated rings. The second-order valence-electron chi connectivity index (χ2n) is 9.68. The molecule has 0 radical (unpaired) electrons. The summed E-state index contributed by atoms with van der Waals surface area (Å²) in [5.74, 6) is -0.782. The predicted octanol–water partition coefficient (Wildman–Crippen LogP) is 4.62. The van der Waals surface area contributed by atoms with Crippen LogP contribution in [-0.4, -0.2) is 55.6 Å². The molecule has 3 aromatic carbocycles. The highest BCUT2D eigenvalue weighted by Crippen LogP contribution is 2.11. The van der Waals surface area contributed by atoms with Gasteiger partial charge in [-0.05, 0) is 48.1 Å². The van der Waals surface area contributed by atoms with Gasteiger partial charge < -0.3 is 20.1 Å². The monoisotopic (exact) mass is 563 g/mol. The third-order valence-corrected chi connectivity index (χ3v) is 6.43. The topological polar surface area (TPSA) is 97.0 Å². The standard InChI is InChI=1S/C32H38FN3O5/c1-36(32(39)41-23-26-13-7-3-8-14-26)29(21-25-11-5-2-6-12-25)31(38)35-20-10-4-9-19-34-30(37)24-40-22-27-15-17-28(33)18-16-27/h2-3,5-8,11-18,29H,4,9-10,19-24H2,1H3,(H,34,37)(H,35,38). The molecule has 0 bridgehead atoms. The Morgan fingerprint density at radius 1 is 0.756 bits per heavy atom. The molecule has 0 aliphatic carbocycles. The molecule has 3 amide bonds. The van der Waals surface area contributed by atoms with Crippen LogP contribution < -0.4 is 10.6 Å². The Bertz CT molecular complexity index is 1210. The van der Waals surface area contributed by atoms with Crippen LogP contribution in [0, 0.1) is 5.82 Å². The fraction of sp³-hybridized carbons (Fsp3) is 0.344. The summed E-state index contributed by atoms with van der Waals surface area (Å²) in [5.41, 5.74) is 2.60. The Morgan fingerprint density at radius 3 is 2.00 bits per heavy atom. The second kappa shape index (κ2) is 17.5. The Balaban J connectivity index is 1.35. The van der Waals surface area contributed by atoms with Crippen LogP contribution in [0.15, 0.2) is 84.9 Å². The van der Waals surface area contributed by atoms with Crippen LogP contribution in [0.5, 0.6) is 0 Å². The number of benzene rings is 3. The summed E-state index contributed by atoms with van der Waals surface area (Å²) in [6, 6.07) is 24.1. The van der Waals surface area contributed by atoms with Crippen LogP contribution in [0.2, 0.25) is 0 Å². The zero-order valence-electron chi connectivity index (χ0n) is 23.4. The van der Waals surface area contributed by atoms with Gasteiger partial charge in [0.25, 0.3) is 0 Å². The average molecular weight is 564 g/mol. The zero-order chi connectivity index (χ0) is 29.3. The van der Waals surface area contributed by atoms with Crippen molar-refractivity contribution in [3.8, 4) is 0 Å². The first kappa shape index (κ1) is 31.3. The third kappa shape index (κ3) is 11.8. The molecule has 218 valence electrons. The first-order chi connectivity index (χ1) is 19.9. The van der Waals surface area contributed by atoms with E-state index in [0.717, 1.165) is 36.0 Å². The number of hydrogen-bond acceptors (Lipinski definition) is 5. The molecule has 0 aromatic heterocycles. The molecular weight excluding hydrogens is 525 g/mol. The number of nitrogens with one attached hydrogen (secondary N) is 2. The number of unbranched alkanes of at least 4 members (excludes halogenated alkanes) is 2. The van der Waals surface area contributed by atoms with Crippen molar-refractivity contribution in [2.75, 3.05) is 26.7 Å². The number of ether oxygens (including phenoxy) is 2. The highest BCUT2D eigenvalue weighted by Gasteiger charge is 2.28. The van der Waals surface area contributed by atoms with Crippen LogP contribution in [0.4, 0.5) is 9.18 Å². The summed E-state index contributed by atoms with van der Waals surface area (Å²) in [6.45, 7) is 1.24. The number of carbonyl (C=O) groups is 3. The first-order valence-electron chi connectivity index (χ1n) is 13.8. The molecule has 1 unspecified atom stereocenters. The zero-order valence-corrected chi connectivity index (χ0v) is 23.4. The molecule has 0 saturated carbocycles. The van der Waals surface area contributed by atoms with E-state index >= 15 is 0 Å². The quantitative estimate of drug-likeness (QED) is 0.248. The smallest absolute Gasteiger partial charge is 0.410 e. The Hall–Kier alpha value is -4.24. The number of nitrogens with zero attached hydrogens (tertiary/aromatic N) is 1. The van der Waals surface area contributed by atoms with Crippen LogP contribution in [0.1, 0.15) is 36.0 Å². The number of hydrogen-bond donors (Lipinski definition) is 2. The van der Waals surface area contributed by atoms with Crippen LogP contribution >= 0.6 is 0 Å². The third-order valence-electron chi connectivity index (χ3n) is 6.43. The van der Waals surface area contributed by atoms with Gasteiger partial charge in [0.2, 0.25) is 11.8 Å². The van der Waals surface area contributed by atoms with Gasteiger partial charge in [-0.25, -0.2) is 9.18 Å². The van der Waals surface area contributed by atoms with Crippen molar-refractivity contribution in [2.24, 2.45) is 0 Å². The van der Waals surface area contributed by atoms with Crippen LogP contribution in [0.3, 0.4) is 0 Å². The maximum atomic E-state index is 13.1. The summed E-state index contributed by atoms with van der Waals surface area (Å²) in [6.07, 6.45) is 2.07. The highest BCUT2D eigenvalue weighted by molar-refractivity contribution is 5.85. The molecule has 9 heteroatoms. The molecule has 0 saturated heterocycles. The minimum Gasteiger partial charge on any atom is -0.445 e. The summed E-state index contributed by atoms with van der Waals surface area (Å²) in [4.78, 5) is 39.2. The van der Waals surface area contributed by atoms with E-state index in [1.165, 1.54) is 17.0 Å². The van der Waals surface area contributed by atoms with E-state index in [4.69, 9.17) is 9.47 Å². The van der Waals surface area contributed by atoms with Crippen molar-refractivity contribution < 1.29 is 28.2 Å². The van der Waals surface area contributed by atoms with E-state index in [2.05, 4.69) is 10.6 Å². The lowest BCUT2D eigenvalue weighted by atomic mass is 10.0. The fourth-order valence-electron chi connectivity index (χ4n) is 4.07. The Morgan fingerprint density at radius 2 is 1.34 bits per heavy atom. The minimum absolute atomic E-state index is 0.0719. The normalized spacial score (nSPS) is 11.4. The first-order valence-corrected chi connectivity index (χ1v) is 13.8. The number of carbonyl (C=O) groups excluding carboxylic acids is 3. The van der Waals surface area contributed by atoms with Gasteiger partial charge in [0.05, 0.1) is 6.61 Å². The van der Waals surface area contributed by atoms with Crippen molar-refractivity contribution in [2.45, 2.75) is 44.9 Å². The van der Waals surface area contributed by atoms with Crippen molar-refractivity contribution in [3.05, 3.63) is 107 Å². The summed E-state index contributed by atoms with van der Waals surface area (Å²) in [5, 5.41) is 5.75. The highest BCUT2D eigenvalue weighted by atomic mass is 19.1. The van der Waals surface area contributed by atoms with Gasteiger partial charge in [0.1, 0.15) is 25.1 Å². The second-order valence-corrected chi connectivity index (χ2v) is 9.68. The van der Waals surface area contributed by atoms with Crippen molar-refractivity contribution >= 4 is 17.9 Å². The fourth-order valence-corrected chi connectivity index (χ4v) is 4.07. The van der Waals surface area contributed by atoms with Gasteiger partial charge in [-0.3, -0.25) is 14.5 Å². The Kier molecular flexibility index (Phi) is 13.3. The van der Waals surface area contributed by atoms with Crippen molar-refractivity contribution in [1.29, 1.82) is 0 Å². The molecule has 41 heavy (non-hydrogen) atoms. The van der Waals surface area contributed by atoms with Crippen LogP contribution in [-0.2, 0) is 38.7 Å². The average Bonchev–Trinajstić information content (AvgIpc) is 2.99. The van der Waals surface area contributed by atoms with E-state index in [9.17, 15) is 18.8 Å². The van der Waals surface area contributed by atoms with Gasteiger partial charge in [-0.1, -0.05) is 72.8 Å². The summed E-state index contributed by atoms with van der Waals surface area (Å²) >= 11 is 0. The maximum Gasteiger partial charge on any atom is 0.410 e. The van der Waals surface area contributed by atoms with Gasteiger partial charge >= 0.3 is 6.09 Å². The number of halogens is 1. The number of rotatable bonds is 16. The maximum absolute atomic E-state index is 13.1. The van der Waals surface area contributed by atoms with E-state index in [1.807, 2.05) is 60.7 Å². The van der Waals surface area contributed by atoms with E-state index in [1.54, 1.807) is 19.2 Å². The molecule has 3 aromatic rings. The van der Waals surface area contributed by atoms with Gasteiger partial charge in [-0.2, -0.15) is 0 Å². The number of likely N-dealkylation sites (N-methyl/N-ethyl adjacent to an activating group) is 1. The molecular formula is C32H38FN3O5. The lowest BCUT2D eigenvalue weighted by Gasteiger charge is -2.27. The molecule has 2 N–H and O–H groups in total. The lowest BCUT2D eigenvalue weighted by molar-refractivity contribution is -0.126.